The van der Waals surface area contributed by atoms with Gasteiger partial charge < -0.3 is 5.11 Å². The quantitative estimate of drug-likeness (QED) is 0.638. The zero-order chi connectivity index (χ0) is 8.98. The van der Waals surface area contributed by atoms with Gasteiger partial charge in [0.1, 0.15) is 0 Å². The summed E-state index contributed by atoms with van der Waals surface area (Å²) in [4.78, 5) is 0. The van der Waals surface area contributed by atoms with Gasteiger partial charge in [-0.1, -0.05) is 20.3 Å². The van der Waals surface area contributed by atoms with Crippen molar-refractivity contribution in [3.63, 3.8) is 0 Å². The third kappa shape index (κ3) is 0.953. The van der Waals surface area contributed by atoms with Gasteiger partial charge in [0.25, 0.3) is 0 Å². The van der Waals surface area contributed by atoms with Crippen LogP contribution < -0.4 is 0 Å². The molecular weight excluding hydrogens is 148 g/mol. The first-order valence-corrected chi connectivity index (χ1v) is 5.17. The lowest BCUT2D eigenvalue weighted by Gasteiger charge is -2.35. The van der Waals surface area contributed by atoms with Crippen LogP contribution in [0.15, 0.2) is 0 Å². The van der Waals surface area contributed by atoms with Crippen molar-refractivity contribution in [1.82, 2.24) is 0 Å². The number of aliphatic hydroxyl groups is 1. The molecule has 0 bridgehead atoms. The van der Waals surface area contributed by atoms with Crippen molar-refractivity contribution in [1.29, 1.82) is 0 Å². The van der Waals surface area contributed by atoms with E-state index in [1.54, 1.807) is 0 Å². The average molecular weight is 168 g/mol. The first-order chi connectivity index (χ1) is 5.49. The minimum absolute atomic E-state index is 0.0814. The predicted molar refractivity (Wildman–Crippen MR) is 49.9 cm³/mol. The molecule has 1 nitrogen and oxygen atoms in total. The van der Waals surface area contributed by atoms with E-state index >= 15 is 0 Å². The molecule has 0 amide bonds. The highest BCUT2D eigenvalue weighted by Gasteiger charge is 2.63. The van der Waals surface area contributed by atoms with Gasteiger partial charge in [-0.25, -0.2) is 0 Å². The molecule has 0 aromatic carbocycles. The highest BCUT2D eigenvalue weighted by Crippen LogP contribution is 2.69. The van der Waals surface area contributed by atoms with E-state index in [1.165, 1.54) is 25.7 Å². The number of aliphatic hydroxyl groups excluding tert-OH is 1. The molecular formula is C11H20O. The standard InChI is InChI=1S/C11H20O/c1-8(12)11-6-4-5-10(2,3)9(11)7-11/h8-9,12H,4-7H2,1-3H3/t8-,9-,11+/m1/s1. The molecule has 0 heterocycles. The molecule has 0 aromatic rings. The van der Waals surface area contributed by atoms with Crippen molar-refractivity contribution in [2.45, 2.75) is 52.6 Å². The van der Waals surface area contributed by atoms with E-state index in [4.69, 9.17) is 0 Å². The van der Waals surface area contributed by atoms with E-state index in [0.717, 1.165) is 5.92 Å². The zero-order valence-electron chi connectivity index (χ0n) is 8.43. The van der Waals surface area contributed by atoms with Crippen LogP contribution >= 0.6 is 0 Å². The maximum Gasteiger partial charge on any atom is 0.0571 e. The van der Waals surface area contributed by atoms with Crippen LogP contribution in [-0.4, -0.2) is 11.2 Å². The van der Waals surface area contributed by atoms with Gasteiger partial charge in [-0.15, -0.1) is 0 Å². The van der Waals surface area contributed by atoms with Gasteiger partial charge in [0.15, 0.2) is 0 Å². The maximum atomic E-state index is 9.71. The Bertz CT molecular complexity index is 195. The lowest BCUT2D eigenvalue weighted by molar-refractivity contribution is 0.0471. The Morgan fingerprint density at radius 3 is 2.50 bits per heavy atom. The average Bonchev–Trinajstić information content (AvgIpc) is 2.63. The van der Waals surface area contributed by atoms with E-state index in [1.807, 2.05) is 6.92 Å². The summed E-state index contributed by atoms with van der Waals surface area (Å²) in [5.74, 6) is 0.804. The van der Waals surface area contributed by atoms with Crippen molar-refractivity contribution in [3.05, 3.63) is 0 Å². The molecule has 1 N–H and O–H groups in total. The van der Waals surface area contributed by atoms with Gasteiger partial charge in [-0.2, -0.15) is 0 Å². The summed E-state index contributed by atoms with van der Waals surface area (Å²) in [6.45, 7) is 6.70. The predicted octanol–water partition coefficient (Wildman–Crippen LogP) is 2.58. The van der Waals surface area contributed by atoms with Gasteiger partial charge in [-0.3, -0.25) is 0 Å². The molecule has 1 heteroatoms. The van der Waals surface area contributed by atoms with Crippen molar-refractivity contribution in [2.24, 2.45) is 16.7 Å². The highest BCUT2D eigenvalue weighted by molar-refractivity contribution is 5.12. The zero-order valence-corrected chi connectivity index (χ0v) is 8.43. The Balaban J connectivity index is 2.16. The second-order valence-electron chi connectivity index (χ2n) is 5.51. The number of hydrogen-bond donors (Lipinski definition) is 1. The molecule has 2 fully saturated rings. The second-order valence-corrected chi connectivity index (χ2v) is 5.51. The fourth-order valence-corrected chi connectivity index (χ4v) is 3.37. The van der Waals surface area contributed by atoms with Crippen LogP contribution in [0, 0.1) is 16.7 Å². The Morgan fingerprint density at radius 1 is 1.33 bits per heavy atom. The van der Waals surface area contributed by atoms with E-state index in [9.17, 15) is 5.11 Å². The first kappa shape index (κ1) is 8.55. The monoisotopic (exact) mass is 168 g/mol. The molecule has 0 saturated heterocycles. The topological polar surface area (TPSA) is 20.2 Å². The van der Waals surface area contributed by atoms with Crippen LogP contribution in [0.3, 0.4) is 0 Å². The molecule has 2 saturated carbocycles. The molecule has 0 spiro atoms. The number of fused-ring (bicyclic) bond motifs is 1. The molecule has 2 rings (SSSR count). The Hall–Kier alpha value is -0.0400. The normalized spacial score (nSPS) is 46.5. The minimum atomic E-state index is -0.0814. The summed E-state index contributed by atoms with van der Waals surface area (Å²) in [6.07, 6.45) is 5.12. The van der Waals surface area contributed by atoms with E-state index in [-0.39, 0.29) is 6.10 Å². The van der Waals surface area contributed by atoms with Crippen LogP contribution in [0.2, 0.25) is 0 Å². The minimum Gasteiger partial charge on any atom is -0.393 e. The Labute approximate surface area is 75.2 Å². The fourth-order valence-electron chi connectivity index (χ4n) is 3.37. The number of hydrogen-bond acceptors (Lipinski definition) is 1. The van der Waals surface area contributed by atoms with Gasteiger partial charge in [-0.05, 0) is 42.9 Å². The molecule has 0 unspecified atom stereocenters. The molecule has 12 heavy (non-hydrogen) atoms. The summed E-state index contributed by atoms with van der Waals surface area (Å²) in [5.41, 5.74) is 0.830. The number of rotatable bonds is 1. The summed E-state index contributed by atoms with van der Waals surface area (Å²) in [6, 6.07) is 0. The van der Waals surface area contributed by atoms with Crippen LogP contribution in [0.25, 0.3) is 0 Å². The molecule has 0 aliphatic heterocycles. The Kier molecular flexibility index (Phi) is 1.61. The van der Waals surface area contributed by atoms with Gasteiger partial charge >= 0.3 is 0 Å². The SMILES string of the molecule is C[C@@H](O)[C@@]12CCCC(C)(C)[C@H]1C2. The highest BCUT2D eigenvalue weighted by atomic mass is 16.3. The molecule has 2 aliphatic rings. The molecule has 0 aromatic heterocycles. The Morgan fingerprint density at radius 2 is 2.00 bits per heavy atom. The van der Waals surface area contributed by atoms with Crippen LogP contribution in [-0.2, 0) is 0 Å². The molecule has 70 valence electrons. The third-order valence-electron chi connectivity index (χ3n) is 4.36. The van der Waals surface area contributed by atoms with Gasteiger partial charge in [0, 0.05) is 0 Å². The van der Waals surface area contributed by atoms with Gasteiger partial charge in [0.05, 0.1) is 6.10 Å². The van der Waals surface area contributed by atoms with E-state index < -0.39 is 0 Å². The van der Waals surface area contributed by atoms with Crippen molar-refractivity contribution in [3.8, 4) is 0 Å². The summed E-state index contributed by atoms with van der Waals surface area (Å²) < 4.78 is 0. The summed E-state index contributed by atoms with van der Waals surface area (Å²) >= 11 is 0. The maximum absolute atomic E-state index is 9.71. The molecule has 3 atom stereocenters. The molecule has 0 radical (unpaired) electrons. The third-order valence-corrected chi connectivity index (χ3v) is 4.36. The summed E-state index contributed by atoms with van der Waals surface area (Å²) in [7, 11) is 0. The van der Waals surface area contributed by atoms with E-state index in [2.05, 4.69) is 13.8 Å². The van der Waals surface area contributed by atoms with Crippen LogP contribution in [0.4, 0.5) is 0 Å². The van der Waals surface area contributed by atoms with Crippen molar-refractivity contribution < 1.29 is 5.11 Å². The van der Waals surface area contributed by atoms with Crippen LogP contribution in [0.5, 0.6) is 0 Å². The molecule has 2 aliphatic carbocycles. The van der Waals surface area contributed by atoms with Gasteiger partial charge in [0.2, 0.25) is 0 Å². The lowest BCUT2D eigenvalue weighted by Crippen LogP contribution is -2.31. The smallest absolute Gasteiger partial charge is 0.0571 e. The van der Waals surface area contributed by atoms with Crippen molar-refractivity contribution in [2.75, 3.05) is 0 Å². The van der Waals surface area contributed by atoms with Crippen molar-refractivity contribution >= 4 is 0 Å². The van der Waals surface area contributed by atoms with E-state index in [0.29, 0.717) is 10.8 Å². The first-order valence-electron chi connectivity index (χ1n) is 5.17. The largest absolute Gasteiger partial charge is 0.393 e. The summed E-state index contributed by atoms with van der Waals surface area (Å²) in [5, 5.41) is 9.71. The second kappa shape index (κ2) is 2.25. The fraction of sp³-hybridized carbons (Fsp3) is 1.00. The van der Waals surface area contributed by atoms with Crippen LogP contribution in [0.1, 0.15) is 46.5 Å². The lowest BCUT2D eigenvalue weighted by atomic mass is 9.71.